The maximum Gasteiger partial charge on any atom is 0.224 e. The highest BCUT2D eigenvalue weighted by atomic mass is 35.5. The quantitative estimate of drug-likeness (QED) is 0.555. The summed E-state index contributed by atoms with van der Waals surface area (Å²) in [5.41, 5.74) is 1.22. The minimum absolute atomic E-state index is 0.0517. The maximum atomic E-state index is 14.0. The second-order valence-corrected chi connectivity index (χ2v) is 8.47. The number of aromatic nitrogens is 2. The first-order chi connectivity index (χ1) is 15.5. The van der Waals surface area contributed by atoms with Crippen LogP contribution in [0.4, 0.5) is 15.9 Å². The Hall–Kier alpha value is -2.64. The molecule has 4 rings (SSSR count). The van der Waals surface area contributed by atoms with E-state index in [-0.39, 0.29) is 11.7 Å². The van der Waals surface area contributed by atoms with E-state index in [0.717, 1.165) is 5.39 Å². The molecule has 0 saturated carbocycles. The molecule has 9 heteroatoms. The second kappa shape index (κ2) is 9.88. The minimum atomic E-state index is -0.236. The van der Waals surface area contributed by atoms with E-state index in [9.17, 15) is 9.18 Å². The van der Waals surface area contributed by atoms with Gasteiger partial charge in [-0.1, -0.05) is 42.3 Å². The van der Waals surface area contributed by atoms with Gasteiger partial charge in [0.1, 0.15) is 17.5 Å². The first kappa shape index (κ1) is 22.6. The van der Waals surface area contributed by atoms with Gasteiger partial charge in [0.2, 0.25) is 5.91 Å². The summed E-state index contributed by atoms with van der Waals surface area (Å²) in [7, 11) is 0. The Morgan fingerprint density at radius 3 is 2.59 bits per heavy atom. The average molecular weight is 476 g/mol. The first-order valence-corrected chi connectivity index (χ1v) is 11.4. The molecule has 1 N–H and O–H groups in total. The molecule has 3 aromatic rings. The predicted octanol–water partition coefficient (Wildman–Crippen LogP) is 4.79. The van der Waals surface area contributed by atoms with Crippen molar-refractivity contribution in [2.45, 2.75) is 19.8 Å². The number of carbonyl (C=O) groups excluding carboxylic acids is 1. The van der Waals surface area contributed by atoms with Crippen LogP contribution < -0.4 is 10.2 Å². The van der Waals surface area contributed by atoms with Crippen molar-refractivity contribution in [3.05, 3.63) is 58.1 Å². The first-order valence-electron chi connectivity index (χ1n) is 10.6. The van der Waals surface area contributed by atoms with Crippen molar-refractivity contribution >= 4 is 51.5 Å². The van der Waals surface area contributed by atoms with Crippen molar-refractivity contribution in [2.24, 2.45) is 0 Å². The van der Waals surface area contributed by atoms with Crippen molar-refractivity contribution in [1.82, 2.24) is 14.9 Å². The number of nitrogens with zero attached hydrogens (tertiary/aromatic N) is 4. The number of benzene rings is 2. The molecular formula is C23H24Cl2FN5O. The number of para-hydroxylation sites is 1. The van der Waals surface area contributed by atoms with Crippen molar-refractivity contribution in [3.63, 3.8) is 0 Å². The molecule has 1 aliphatic rings. The zero-order chi connectivity index (χ0) is 22.7. The van der Waals surface area contributed by atoms with E-state index in [2.05, 4.69) is 15.3 Å². The van der Waals surface area contributed by atoms with Gasteiger partial charge in [0, 0.05) is 56.0 Å². The topological polar surface area (TPSA) is 61.4 Å². The lowest BCUT2D eigenvalue weighted by molar-refractivity contribution is -0.131. The molecule has 1 amide bonds. The molecule has 32 heavy (non-hydrogen) atoms. The number of rotatable bonds is 6. The highest BCUT2D eigenvalue weighted by Crippen LogP contribution is 2.30. The molecule has 0 spiro atoms. The van der Waals surface area contributed by atoms with Gasteiger partial charge in [0.25, 0.3) is 0 Å². The van der Waals surface area contributed by atoms with Gasteiger partial charge in [-0.15, -0.1) is 0 Å². The summed E-state index contributed by atoms with van der Waals surface area (Å²) in [5, 5.41) is 4.95. The SMILES string of the molecule is CCc1nc(NCCC(=O)N2CCN(c3ccccc3F)CC2)c2cc(Cl)cc(Cl)c2n1. The van der Waals surface area contributed by atoms with E-state index in [1.165, 1.54) is 6.07 Å². The molecule has 2 aromatic carbocycles. The lowest BCUT2D eigenvalue weighted by atomic mass is 10.2. The van der Waals surface area contributed by atoms with Gasteiger partial charge in [0.15, 0.2) is 0 Å². The van der Waals surface area contributed by atoms with Crippen molar-refractivity contribution in [1.29, 1.82) is 0 Å². The normalized spacial score (nSPS) is 14.1. The van der Waals surface area contributed by atoms with Crippen LogP contribution in [0, 0.1) is 5.82 Å². The van der Waals surface area contributed by atoms with Crippen LogP contribution >= 0.6 is 23.2 Å². The van der Waals surface area contributed by atoms with Gasteiger partial charge >= 0.3 is 0 Å². The second-order valence-electron chi connectivity index (χ2n) is 7.62. The Balaban J connectivity index is 1.36. The van der Waals surface area contributed by atoms with Crippen LogP contribution in [0.2, 0.25) is 10.0 Å². The predicted molar refractivity (Wildman–Crippen MR) is 127 cm³/mol. The van der Waals surface area contributed by atoms with Gasteiger partial charge in [-0.2, -0.15) is 0 Å². The number of hydrogen-bond acceptors (Lipinski definition) is 5. The Kier molecular flexibility index (Phi) is 6.96. The molecule has 0 bridgehead atoms. The fraction of sp³-hybridized carbons (Fsp3) is 0.348. The van der Waals surface area contributed by atoms with E-state index >= 15 is 0 Å². The van der Waals surface area contributed by atoms with E-state index in [4.69, 9.17) is 23.2 Å². The van der Waals surface area contributed by atoms with E-state index in [1.54, 1.807) is 24.3 Å². The summed E-state index contributed by atoms with van der Waals surface area (Å²) in [6.45, 7) is 4.73. The number of halogens is 3. The molecule has 1 fully saturated rings. The molecule has 1 aromatic heterocycles. The van der Waals surface area contributed by atoms with Gasteiger partial charge in [-0.25, -0.2) is 14.4 Å². The lowest BCUT2D eigenvalue weighted by Gasteiger charge is -2.36. The number of carbonyl (C=O) groups is 1. The highest BCUT2D eigenvalue weighted by molar-refractivity contribution is 6.38. The van der Waals surface area contributed by atoms with Gasteiger partial charge in [-0.3, -0.25) is 4.79 Å². The molecular weight excluding hydrogens is 452 g/mol. The van der Waals surface area contributed by atoms with E-state index < -0.39 is 0 Å². The fourth-order valence-corrected chi connectivity index (χ4v) is 4.38. The molecule has 0 aliphatic carbocycles. The van der Waals surface area contributed by atoms with Gasteiger partial charge in [-0.05, 0) is 24.3 Å². The van der Waals surface area contributed by atoms with Gasteiger partial charge < -0.3 is 15.1 Å². The Labute approximate surface area is 196 Å². The summed E-state index contributed by atoms with van der Waals surface area (Å²) >= 11 is 12.5. The molecule has 6 nitrogen and oxygen atoms in total. The van der Waals surface area contributed by atoms with Crippen molar-refractivity contribution < 1.29 is 9.18 Å². The van der Waals surface area contributed by atoms with Crippen LogP contribution in [0.5, 0.6) is 0 Å². The number of nitrogens with one attached hydrogen (secondary N) is 1. The molecule has 0 unspecified atom stereocenters. The summed E-state index contributed by atoms with van der Waals surface area (Å²) in [6.07, 6.45) is 0.982. The molecule has 0 radical (unpaired) electrons. The monoisotopic (exact) mass is 475 g/mol. The van der Waals surface area contributed by atoms with Crippen LogP contribution in [0.15, 0.2) is 36.4 Å². The third kappa shape index (κ3) is 4.89. The Morgan fingerprint density at radius 2 is 1.88 bits per heavy atom. The van der Waals surface area contributed by atoms with Crippen LogP contribution in [0.25, 0.3) is 10.9 Å². The van der Waals surface area contributed by atoms with Crippen LogP contribution in [-0.2, 0) is 11.2 Å². The largest absolute Gasteiger partial charge is 0.369 e. The molecule has 0 atom stereocenters. The lowest BCUT2D eigenvalue weighted by Crippen LogP contribution is -2.49. The Morgan fingerprint density at radius 1 is 1.12 bits per heavy atom. The van der Waals surface area contributed by atoms with E-state index in [0.29, 0.717) is 78.5 Å². The summed E-state index contributed by atoms with van der Waals surface area (Å²) in [6, 6.07) is 10.2. The molecule has 168 valence electrons. The van der Waals surface area contributed by atoms with E-state index in [1.807, 2.05) is 22.8 Å². The number of aryl methyl sites for hydroxylation is 1. The number of fused-ring (bicyclic) bond motifs is 1. The fourth-order valence-electron chi connectivity index (χ4n) is 3.85. The zero-order valence-corrected chi connectivity index (χ0v) is 19.3. The zero-order valence-electron chi connectivity index (χ0n) is 17.7. The molecule has 2 heterocycles. The average Bonchev–Trinajstić information content (AvgIpc) is 2.79. The highest BCUT2D eigenvalue weighted by Gasteiger charge is 2.22. The standard InChI is InChI=1S/C23H24Cl2FN5O/c1-2-20-28-22-16(13-15(24)14-17(22)25)23(29-20)27-8-7-21(32)31-11-9-30(10-12-31)19-6-4-3-5-18(19)26/h3-6,13-14H,2,7-12H2,1H3,(H,27,28,29). The molecule has 1 aliphatic heterocycles. The number of hydrogen-bond donors (Lipinski definition) is 1. The Bertz CT molecular complexity index is 1130. The number of amides is 1. The summed E-state index contributed by atoms with van der Waals surface area (Å²) in [4.78, 5) is 25.6. The molecule has 1 saturated heterocycles. The third-order valence-corrected chi connectivity index (χ3v) is 6.04. The number of piperazine rings is 1. The van der Waals surface area contributed by atoms with Crippen LogP contribution in [0.3, 0.4) is 0 Å². The van der Waals surface area contributed by atoms with Gasteiger partial charge in [0.05, 0.1) is 16.2 Å². The maximum absolute atomic E-state index is 14.0. The number of anilines is 2. The minimum Gasteiger partial charge on any atom is -0.369 e. The third-order valence-electron chi connectivity index (χ3n) is 5.54. The van der Waals surface area contributed by atoms with Crippen LogP contribution in [0.1, 0.15) is 19.2 Å². The summed E-state index contributed by atoms with van der Waals surface area (Å²) in [5.74, 6) is 1.10. The van der Waals surface area contributed by atoms with Crippen molar-refractivity contribution in [3.8, 4) is 0 Å². The summed E-state index contributed by atoms with van der Waals surface area (Å²) < 4.78 is 14.0. The van der Waals surface area contributed by atoms with Crippen molar-refractivity contribution in [2.75, 3.05) is 42.9 Å². The van der Waals surface area contributed by atoms with Crippen LogP contribution in [-0.4, -0.2) is 53.5 Å². The smallest absolute Gasteiger partial charge is 0.224 e.